The van der Waals surface area contributed by atoms with Crippen LogP contribution in [0.2, 0.25) is 0 Å². The van der Waals surface area contributed by atoms with Gasteiger partial charge in [0, 0.05) is 12.7 Å². The zero-order valence-electron chi connectivity index (χ0n) is 9.45. The number of nitrogens with one attached hydrogen (secondary N) is 1. The molecule has 0 aliphatic heterocycles. The molecular weight excluding hydrogens is 174 g/mol. The third-order valence-electron chi connectivity index (χ3n) is 2.33. The van der Waals surface area contributed by atoms with Crippen LogP contribution < -0.4 is 5.32 Å². The average molecular weight is 195 g/mol. The number of unbranched alkanes of at least 4 members (excludes halogenated alkanes) is 1. The van der Waals surface area contributed by atoms with Crippen LogP contribution in [0.3, 0.4) is 0 Å². The molecule has 14 heavy (non-hydrogen) atoms. The molecular formula is C11H21N3. The Kier molecular flexibility index (Phi) is 4.66. The predicted molar refractivity (Wildman–Crippen MR) is 59.5 cm³/mol. The van der Waals surface area contributed by atoms with Crippen molar-refractivity contribution in [1.82, 2.24) is 15.1 Å². The summed E-state index contributed by atoms with van der Waals surface area (Å²) in [5.74, 6) is 0. The maximum Gasteiger partial charge on any atom is 0.0615 e. The van der Waals surface area contributed by atoms with E-state index in [1.807, 2.05) is 10.9 Å². The molecule has 3 nitrogen and oxygen atoms in total. The first kappa shape index (κ1) is 11.2. The summed E-state index contributed by atoms with van der Waals surface area (Å²) < 4.78 is 2.02. The van der Waals surface area contributed by atoms with Gasteiger partial charge in [0.25, 0.3) is 0 Å². The second-order valence-electron chi connectivity index (χ2n) is 3.90. The van der Waals surface area contributed by atoms with Crippen LogP contribution in [0.1, 0.15) is 38.3 Å². The van der Waals surface area contributed by atoms with Crippen molar-refractivity contribution in [2.24, 2.45) is 0 Å². The fourth-order valence-electron chi connectivity index (χ4n) is 1.38. The van der Waals surface area contributed by atoms with Crippen molar-refractivity contribution in [2.45, 2.75) is 39.7 Å². The summed E-state index contributed by atoms with van der Waals surface area (Å²) in [6.45, 7) is 8.58. The van der Waals surface area contributed by atoms with Gasteiger partial charge in [-0.1, -0.05) is 13.3 Å². The molecule has 0 saturated carbocycles. The van der Waals surface area contributed by atoms with Crippen molar-refractivity contribution in [3.63, 3.8) is 0 Å². The molecule has 0 spiro atoms. The molecule has 0 aliphatic rings. The number of nitrogens with zero attached hydrogens (tertiary/aromatic N) is 2. The van der Waals surface area contributed by atoms with Crippen molar-refractivity contribution in [3.05, 3.63) is 18.0 Å². The minimum Gasteiger partial charge on any atom is -0.315 e. The zero-order chi connectivity index (χ0) is 10.4. The highest BCUT2D eigenvalue weighted by atomic mass is 15.3. The highest BCUT2D eigenvalue weighted by Gasteiger charge is 2.03. The quantitative estimate of drug-likeness (QED) is 0.705. The van der Waals surface area contributed by atoms with Gasteiger partial charge >= 0.3 is 0 Å². The third kappa shape index (κ3) is 3.50. The van der Waals surface area contributed by atoms with Gasteiger partial charge in [-0.3, -0.25) is 4.68 Å². The van der Waals surface area contributed by atoms with Crippen LogP contribution in [0.15, 0.2) is 12.4 Å². The largest absolute Gasteiger partial charge is 0.315 e. The molecule has 1 unspecified atom stereocenters. The highest BCUT2D eigenvalue weighted by molar-refractivity contribution is 5.00. The Morgan fingerprint density at radius 2 is 2.36 bits per heavy atom. The molecule has 0 amide bonds. The lowest BCUT2D eigenvalue weighted by Crippen LogP contribution is -2.24. The van der Waals surface area contributed by atoms with Gasteiger partial charge in [0.05, 0.1) is 12.2 Å². The van der Waals surface area contributed by atoms with Gasteiger partial charge in [-0.25, -0.2) is 0 Å². The molecule has 0 aromatic carbocycles. The lowest BCUT2D eigenvalue weighted by molar-refractivity contribution is 0.451. The Balaban J connectivity index is 2.25. The monoisotopic (exact) mass is 195 g/mol. The summed E-state index contributed by atoms with van der Waals surface area (Å²) in [7, 11) is 0. The predicted octanol–water partition coefficient (Wildman–Crippen LogP) is 2.14. The van der Waals surface area contributed by atoms with E-state index in [2.05, 4.69) is 37.4 Å². The molecule has 1 atom stereocenters. The molecule has 0 aliphatic carbocycles. The first-order chi connectivity index (χ1) is 6.74. The Labute approximate surface area is 86.5 Å². The van der Waals surface area contributed by atoms with Gasteiger partial charge in [-0.15, -0.1) is 0 Å². The molecule has 1 heterocycles. The lowest BCUT2D eigenvalue weighted by atomic mass is 10.3. The van der Waals surface area contributed by atoms with E-state index in [0.29, 0.717) is 6.04 Å². The molecule has 80 valence electrons. The standard InChI is InChI=1S/C11H21N3/c1-4-5-6-12-8-11(3)14-9-10(2)7-13-14/h7,9,11-12H,4-6,8H2,1-3H3. The second-order valence-corrected chi connectivity index (χ2v) is 3.90. The summed E-state index contributed by atoms with van der Waals surface area (Å²) in [6.07, 6.45) is 6.50. The van der Waals surface area contributed by atoms with E-state index in [4.69, 9.17) is 0 Å². The number of aryl methyl sites for hydroxylation is 1. The van der Waals surface area contributed by atoms with Crippen molar-refractivity contribution in [3.8, 4) is 0 Å². The number of hydrogen-bond acceptors (Lipinski definition) is 2. The normalized spacial score (nSPS) is 13.1. The fraction of sp³-hybridized carbons (Fsp3) is 0.727. The van der Waals surface area contributed by atoms with Crippen molar-refractivity contribution >= 4 is 0 Å². The Morgan fingerprint density at radius 1 is 1.57 bits per heavy atom. The summed E-state index contributed by atoms with van der Waals surface area (Å²) in [6, 6.07) is 0.445. The minimum absolute atomic E-state index is 0.445. The van der Waals surface area contributed by atoms with E-state index in [-0.39, 0.29) is 0 Å². The van der Waals surface area contributed by atoms with Gasteiger partial charge in [0.2, 0.25) is 0 Å². The summed E-state index contributed by atoms with van der Waals surface area (Å²) in [4.78, 5) is 0. The number of hydrogen-bond donors (Lipinski definition) is 1. The first-order valence-electron chi connectivity index (χ1n) is 5.45. The Hall–Kier alpha value is -0.830. The van der Waals surface area contributed by atoms with Gasteiger partial charge < -0.3 is 5.32 Å². The van der Waals surface area contributed by atoms with Gasteiger partial charge in [-0.05, 0) is 32.4 Å². The Bertz CT molecular complexity index is 255. The highest BCUT2D eigenvalue weighted by Crippen LogP contribution is 2.04. The van der Waals surface area contributed by atoms with E-state index in [1.165, 1.54) is 18.4 Å². The molecule has 1 N–H and O–H groups in total. The molecule has 1 aromatic heterocycles. The van der Waals surface area contributed by atoms with Crippen LogP contribution in [-0.2, 0) is 0 Å². The van der Waals surface area contributed by atoms with Crippen LogP contribution >= 0.6 is 0 Å². The van der Waals surface area contributed by atoms with Crippen molar-refractivity contribution < 1.29 is 0 Å². The van der Waals surface area contributed by atoms with Crippen LogP contribution in [0, 0.1) is 6.92 Å². The second kappa shape index (κ2) is 5.81. The molecule has 1 rings (SSSR count). The van der Waals surface area contributed by atoms with Crippen LogP contribution in [0.5, 0.6) is 0 Å². The molecule has 0 radical (unpaired) electrons. The maximum absolute atomic E-state index is 4.29. The van der Waals surface area contributed by atoms with Crippen LogP contribution in [0.4, 0.5) is 0 Å². The molecule has 1 aromatic rings. The smallest absolute Gasteiger partial charge is 0.0615 e. The van der Waals surface area contributed by atoms with Gasteiger partial charge in [0.15, 0.2) is 0 Å². The average Bonchev–Trinajstić information content (AvgIpc) is 2.59. The Morgan fingerprint density at radius 3 is 2.93 bits per heavy atom. The summed E-state index contributed by atoms with van der Waals surface area (Å²) in [5.41, 5.74) is 1.23. The van der Waals surface area contributed by atoms with Crippen LogP contribution in [-0.4, -0.2) is 22.9 Å². The first-order valence-corrected chi connectivity index (χ1v) is 5.45. The van der Waals surface area contributed by atoms with Gasteiger partial charge in [0.1, 0.15) is 0 Å². The molecule has 0 bridgehead atoms. The topological polar surface area (TPSA) is 29.9 Å². The van der Waals surface area contributed by atoms with Crippen molar-refractivity contribution in [2.75, 3.05) is 13.1 Å². The third-order valence-corrected chi connectivity index (χ3v) is 2.33. The maximum atomic E-state index is 4.29. The lowest BCUT2D eigenvalue weighted by Gasteiger charge is -2.12. The number of rotatable bonds is 6. The van der Waals surface area contributed by atoms with Crippen LogP contribution in [0.25, 0.3) is 0 Å². The minimum atomic E-state index is 0.445. The molecule has 3 heteroatoms. The van der Waals surface area contributed by atoms with Crippen molar-refractivity contribution in [1.29, 1.82) is 0 Å². The number of aromatic nitrogens is 2. The molecule has 0 saturated heterocycles. The van der Waals surface area contributed by atoms with Gasteiger partial charge in [-0.2, -0.15) is 5.10 Å². The zero-order valence-corrected chi connectivity index (χ0v) is 9.45. The SMILES string of the molecule is CCCCNCC(C)n1cc(C)cn1. The van der Waals surface area contributed by atoms with E-state index < -0.39 is 0 Å². The van der Waals surface area contributed by atoms with E-state index in [0.717, 1.165) is 13.1 Å². The summed E-state index contributed by atoms with van der Waals surface area (Å²) in [5, 5.41) is 7.72. The molecule has 0 fully saturated rings. The van der Waals surface area contributed by atoms with E-state index >= 15 is 0 Å². The fourth-order valence-corrected chi connectivity index (χ4v) is 1.38. The van der Waals surface area contributed by atoms with E-state index in [9.17, 15) is 0 Å². The van der Waals surface area contributed by atoms with E-state index in [1.54, 1.807) is 0 Å². The summed E-state index contributed by atoms with van der Waals surface area (Å²) >= 11 is 0.